The fraction of sp³-hybridized carbons (Fsp3) is 0.222. The van der Waals surface area contributed by atoms with Crippen molar-refractivity contribution in [1.29, 1.82) is 5.41 Å². The highest BCUT2D eigenvalue weighted by molar-refractivity contribution is 7.90. The summed E-state index contributed by atoms with van der Waals surface area (Å²) in [5, 5.41) is 9.60. The van der Waals surface area contributed by atoms with Crippen LogP contribution in [0.25, 0.3) is 17.0 Å². The maximum atomic E-state index is 12.7. The molecule has 0 unspecified atom stereocenters. The molecule has 1 heterocycles. The molecule has 1 aromatic carbocycles. The number of allylic oxidation sites excluding steroid dienone is 1. The van der Waals surface area contributed by atoms with Gasteiger partial charge >= 0.3 is 12.1 Å². The lowest BCUT2D eigenvalue weighted by Gasteiger charge is -2.10. The van der Waals surface area contributed by atoms with Crippen LogP contribution in [0.2, 0.25) is 0 Å². The second kappa shape index (κ2) is 8.52. The van der Waals surface area contributed by atoms with Crippen molar-refractivity contribution in [3.8, 4) is 11.3 Å². The lowest BCUT2D eigenvalue weighted by atomic mass is 10.2. The number of halogens is 3. The Balaban J connectivity index is 2.41. The number of sulfone groups is 1. The maximum Gasteiger partial charge on any atom is 0.432 e. The molecule has 1 aromatic heterocycles. The van der Waals surface area contributed by atoms with Gasteiger partial charge in [-0.3, -0.25) is 10.2 Å². The van der Waals surface area contributed by atoms with Crippen LogP contribution in [0.3, 0.4) is 0 Å². The zero-order valence-corrected chi connectivity index (χ0v) is 16.1. The van der Waals surface area contributed by atoms with Gasteiger partial charge in [0.2, 0.25) is 0 Å². The van der Waals surface area contributed by atoms with Gasteiger partial charge in [0.25, 0.3) is 0 Å². The van der Waals surface area contributed by atoms with Gasteiger partial charge in [-0.1, -0.05) is 12.1 Å². The van der Waals surface area contributed by atoms with Gasteiger partial charge in [-0.25, -0.2) is 8.42 Å². The first-order chi connectivity index (χ1) is 13.4. The molecule has 2 aromatic rings. The third kappa shape index (κ3) is 5.95. The fourth-order valence-electron chi connectivity index (χ4n) is 2.19. The lowest BCUT2D eigenvalue weighted by Crippen LogP contribution is -2.25. The molecule has 0 aliphatic rings. The number of carbonyl (C=O) groups excluding carboxylic acids is 1. The number of benzene rings is 1. The summed E-state index contributed by atoms with van der Waals surface area (Å²) >= 11 is 0. The predicted octanol–water partition coefficient (Wildman–Crippen LogP) is 3.04. The number of methoxy groups -OCH3 is 1. The molecule has 29 heavy (non-hydrogen) atoms. The third-order valence-corrected chi connectivity index (χ3v) is 4.77. The molecule has 0 aliphatic carbocycles. The lowest BCUT2D eigenvalue weighted by molar-refractivity contribution is -0.139. The van der Waals surface area contributed by atoms with Crippen LogP contribution in [0.5, 0.6) is 0 Å². The van der Waals surface area contributed by atoms with Crippen molar-refractivity contribution < 1.29 is 35.5 Å². The Morgan fingerprint density at radius 3 is 2.55 bits per heavy atom. The number of hydrogen-bond acceptors (Lipinski definition) is 7. The van der Waals surface area contributed by atoms with E-state index >= 15 is 0 Å². The minimum Gasteiger partial charge on any atom is -0.468 e. The predicted molar refractivity (Wildman–Crippen MR) is 99.0 cm³/mol. The van der Waals surface area contributed by atoms with Crippen LogP contribution >= 0.6 is 0 Å². The Kier molecular flexibility index (Phi) is 6.52. The second-order valence-corrected chi connectivity index (χ2v) is 7.88. The summed E-state index contributed by atoms with van der Waals surface area (Å²) in [6, 6.07) is 8.60. The molecule has 0 saturated carbocycles. The Morgan fingerprint density at radius 2 is 1.97 bits per heavy atom. The molecule has 0 spiro atoms. The summed E-state index contributed by atoms with van der Waals surface area (Å²) in [5.41, 5.74) is -1.53. The van der Waals surface area contributed by atoms with Gasteiger partial charge in [-0.05, 0) is 30.3 Å². The highest BCUT2D eigenvalue weighted by Gasteiger charge is 2.33. The Bertz CT molecular complexity index is 1060. The summed E-state index contributed by atoms with van der Waals surface area (Å²) in [7, 11) is -2.35. The van der Waals surface area contributed by atoms with Crippen LogP contribution in [0.1, 0.15) is 5.76 Å². The number of ether oxygens (including phenoxy) is 1. The Hall–Kier alpha value is -3.08. The molecule has 11 heteroatoms. The van der Waals surface area contributed by atoms with Gasteiger partial charge in [-0.15, -0.1) is 0 Å². The van der Waals surface area contributed by atoms with E-state index in [2.05, 4.69) is 10.1 Å². The van der Waals surface area contributed by atoms with E-state index in [0.717, 1.165) is 13.4 Å². The van der Waals surface area contributed by atoms with Gasteiger partial charge in [0.1, 0.15) is 18.0 Å². The van der Waals surface area contributed by atoms with Gasteiger partial charge in [0, 0.05) is 11.8 Å². The van der Waals surface area contributed by atoms with Gasteiger partial charge in [0.05, 0.1) is 17.7 Å². The number of alkyl halides is 3. The standard InChI is InChI=1S/C18H17F3N2O5S/c1-27-17(24)10-23-13(9-16(22)18(19,20)21)15-7-6-14(28-15)11-4-3-5-12(8-11)29(2,25)26/h3-9,22-23H,10H2,1-2H3/b13-9-,22-16?. The Morgan fingerprint density at radius 1 is 1.28 bits per heavy atom. The van der Waals surface area contributed by atoms with Crippen molar-refractivity contribution in [3.05, 3.63) is 48.2 Å². The van der Waals surface area contributed by atoms with Crippen molar-refractivity contribution in [3.63, 3.8) is 0 Å². The molecule has 0 fully saturated rings. The number of nitrogens with one attached hydrogen (secondary N) is 2. The number of esters is 1. The molecule has 2 rings (SSSR count). The smallest absolute Gasteiger partial charge is 0.432 e. The minimum atomic E-state index is -4.89. The first-order valence-corrected chi connectivity index (χ1v) is 9.90. The van der Waals surface area contributed by atoms with Crippen LogP contribution in [0, 0.1) is 5.41 Å². The average Bonchev–Trinajstić information content (AvgIpc) is 3.13. The van der Waals surface area contributed by atoms with E-state index in [9.17, 15) is 26.4 Å². The SMILES string of the molecule is COC(=O)CN/C(=C\C(=N)C(F)(F)F)c1ccc(-c2cccc(S(C)(=O)=O)c2)o1. The monoisotopic (exact) mass is 430 g/mol. The highest BCUT2D eigenvalue weighted by Crippen LogP contribution is 2.28. The summed E-state index contributed by atoms with van der Waals surface area (Å²) < 4.78 is 71.6. The quantitative estimate of drug-likeness (QED) is 0.516. The average molecular weight is 430 g/mol. The first kappa shape index (κ1) is 22.2. The van der Waals surface area contributed by atoms with Gasteiger partial charge in [-0.2, -0.15) is 13.2 Å². The van der Waals surface area contributed by atoms with Crippen molar-refractivity contribution in [2.24, 2.45) is 0 Å². The molecule has 0 radical (unpaired) electrons. The van der Waals surface area contributed by atoms with Gasteiger partial charge in [0.15, 0.2) is 15.6 Å². The molecule has 7 nitrogen and oxygen atoms in total. The van der Waals surface area contributed by atoms with Crippen molar-refractivity contribution in [1.82, 2.24) is 5.32 Å². The topological polar surface area (TPSA) is 109 Å². The van der Waals surface area contributed by atoms with E-state index < -0.39 is 34.2 Å². The number of rotatable bonds is 7. The summed E-state index contributed by atoms with van der Waals surface area (Å²) in [6.45, 7) is -0.451. The van der Waals surface area contributed by atoms with Crippen molar-refractivity contribution >= 4 is 27.2 Å². The molecule has 2 N–H and O–H groups in total. The molecule has 0 saturated heterocycles. The summed E-state index contributed by atoms with van der Waals surface area (Å²) in [6.07, 6.45) is -3.37. The van der Waals surface area contributed by atoms with Crippen LogP contribution in [0.4, 0.5) is 13.2 Å². The zero-order chi connectivity index (χ0) is 21.8. The molecule has 156 valence electrons. The highest BCUT2D eigenvalue weighted by atomic mass is 32.2. The molecule has 0 amide bonds. The first-order valence-electron chi connectivity index (χ1n) is 8.00. The molecule has 0 atom stereocenters. The maximum absolute atomic E-state index is 12.7. The second-order valence-electron chi connectivity index (χ2n) is 5.86. The molecule has 0 aliphatic heterocycles. The molecule has 0 bridgehead atoms. The van der Waals surface area contributed by atoms with Crippen LogP contribution in [0.15, 0.2) is 51.8 Å². The normalized spacial score (nSPS) is 12.5. The van der Waals surface area contributed by atoms with E-state index in [1.165, 1.54) is 30.3 Å². The van der Waals surface area contributed by atoms with E-state index in [0.29, 0.717) is 11.6 Å². The number of hydrogen-bond donors (Lipinski definition) is 2. The fourth-order valence-corrected chi connectivity index (χ4v) is 2.86. The molecular formula is C18H17F3N2O5S. The van der Waals surface area contributed by atoms with Crippen molar-refractivity contribution in [2.45, 2.75) is 11.1 Å². The third-order valence-electron chi connectivity index (χ3n) is 3.66. The number of furan rings is 1. The Labute approximate surface area is 164 Å². The summed E-state index contributed by atoms with van der Waals surface area (Å²) in [5.74, 6) is -0.625. The van der Waals surface area contributed by atoms with E-state index in [1.807, 2.05) is 0 Å². The minimum absolute atomic E-state index is 0.0476. The zero-order valence-electron chi connectivity index (χ0n) is 15.3. The summed E-state index contributed by atoms with van der Waals surface area (Å²) in [4.78, 5) is 11.4. The van der Waals surface area contributed by atoms with E-state index in [1.54, 1.807) is 6.07 Å². The van der Waals surface area contributed by atoms with Crippen LogP contribution < -0.4 is 5.32 Å². The van der Waals surface area contributed by atoms with E-state index in [4.69, 9.17) is 9.83 Å². The number of carbonyl (C=O) groups is 1. The molecular weight excluding hydrogens is 413 g/mol. The van der Waals surface area contributed by atoms with E-state index in [-0.39, 0.29) is 22.1 Å². The largest absolute Gasteiger partial charge is 0.468 e. The van der Waals surface area contributed by atoms with Crippen molar-refractivity contribution in [2.75, 3.05) is 19.9 Å². The van der Waals surface area contributed by atoms with Crippen LogP contribution in [-0.2, 0) is 19.4 Å². The van der Waals surface area contributed by atoms with Crippen LogP contribution in [-0.4, -0.2) is 46.2 Å². The van der Waals surface area contributed by atoms with Gasteiger partial charge < -0.3 is 14.5 Å².